The molecule has 1 saturated heterocycles. The van der Waals surface area contributed by atoms with E-state index < -0.39 is 0 Å². The topological polar surface area (TPSA) is 41.5 Å². The van der Waals surface area contributed by atoms with Gasteiger partial charge in [-0.15, -0.1) is 0 Å². The van der Waals surface area contributed by atoms with E-state index >= 15 is 0 Å². The molecule has 1 fully saturated rings. The van der Waals surface area contributed by atoms with Crippen LogP contribution in [0.2, 0.25) is 0 Å². The Labute approximate surface area is 103 Å². The Kier molecular flexibility index (Phi) is 3.69. The Bertz CT molecular complexity index is 384. The van der Waals surface area contributed by atoms with E-state index in [4.69, 9.17) is 4.74 Å². The molecule has 1 aliphatic heterocycles. The fraction of sp³-hybridized carbons (Fsp3) is 0.571. The summed E-state index contributed by atoms with van der Waals surface area (Å²) in [5, 5.41) is 13.4. The van der Waals surface area contributed by atoms with Crippen molar-refractivity contribution in [3.05, 3.63) is 29.3 Å². The van der Waals surface area contributed by atoms with E-state index in [1.54, 1.807) is 0 Å². The van der Waals surface area contributed by atoms with Crippen LogP contribution < -0.4 is 5.32 Å². The number of rotatable bonds is 3. The average Bonchev–Trinajstić information content (AvgIpc) is 2.32. The Morgan fingerprint density at radius 3 is 3.00 bits per heavy atom. The molecule has 0 amide bonds. The van der Waals surface area contributed by atoms with Crippen LogP contribution in [0, 0.1) is 6.92 Å². The Morgan fingerprint density at radius 2 is 2.29 bits per heavy atom. The van der Waals surface area contributed by atoms with Crippen LogP contribution in [0.3, 0.4) is 0 Å². The molecule has 3 heteroatoms. The van der Waals surface area contributed by atoms with Crippen LogP contribution >= 0.6 is 0 Å². The number of aromatic hydroxyl groups is 1. The van der Waals surface area contributed by atoms with E-state index in [1.165, 1.54) is 0 Å². The van der Waals surface area contributed by atoms with Gasteiger partial charge in [0.25, 0.3) is 0 Å². The molecule has 2 rings (SSSR count). The quantitative estimate of drug-likeness (QED) is 0.845. The fourth-order valence-electron chi connectivity index (χ4n) is 2.24. The first-order chi connectivity index (χ1) is 8.11. The number of hydrogen-bond acceptors (Lipinski definition) is 3. The maximum atomic E-state index is 9.94. The third-order valence-electron chi connectivity index (χ3n) is 3.46. The lowest BCUT2D eigenvalue weighted by Gasteiger charge is -2.34. The third kappa shape index (κ3) is 2.99. The summed E-state index contributed by atoms with van der Waals surface area (Å²) in [6, 6.07) is 5.86. The van der Waals surface area contributed by atoms with Crippen LogP contribution in [0.15, 0.2) is 18.2 Å². The molecule has 0 spiro atoms. The Balaban J connectivity index is 1.99. The smallest absolute Gasteiger partial charge is 0.122 e. The molecule has 1 unspecified atom stereocenters. The largest absolute Gasteiger partial charge is 0.507 e. The zero-order chi connectivity index (χ0) is 12.3. The van der Waals surface area contributed by atoms with Crippen LogP contribution in [0.1, 0.15) is 30.9 Å². The second-order valence-electron chi connectivity index (χ2n) is 5.15. The zero-order valence-corrected chi connectivity index (χ0v) is 10.6. The van der Waals surface area contributed by atoms with Crippen molar-refractivity contribution in [1.29, 1.82) is 0 Å². The van der Waals surface area contributed by atoms with E-state index in [1.807, 2.05) is 25.1 Å². The Morgan fingerprint density at radius 1 is 1.47 bits per heavy atom. The highest BCUT2D eigenvalue weighted by molar-refractivity contribution is 5.39. The first-order valence-corrected chi connectivity index (χ1v) is 6.21. The molecule has 3 nitrogen and oxygen atoms in total. The highest BCUT2D eigenvalue weighted by Crippen LogP contribution is 2.23. The minimum atomic E-state index is 0.0361. The summed E-state index contributed by atoms with van der Waals surface area (Å²) in [6.07, 6.45) is 2.23. The normalized spacial score (nSPS) is 24.8. The maximum absolute atomic E-state index is 9.94. The predicted molar refractivity (Wildman–Crippen MR) is 68.1 cm³/mol. The molecule has 0 radical (unpaired) electrons. The lowest BCUT2D eigenvalue weighted by Crippen LogP contribution is -2.48. The van der Waals surface area contributed by atoms with Crippen molar-refractivity contribution < 1.29 is 9.84 Å². The zero-order valence-electron chi connectivity index (χ0n) is 10.6. The number of benzene rings is 1. The first-order valence-electron chi connectivity index (χ1n) is 6.21. The van der Waals surface area contributed by atoms with Crippen molar-refractivity contribution in [2.75, 3.05) is 13.2 Å². The van der Waals surface area contributed by atoms with Gasteiger partial charge in [-0.25, -0.2) is 0 Å². The molecule has 0 aliphatic carbocycles. The maximum Gasteiger partial charge on any atom is 0.122 e. The molecule has 2 N–H and O–H groups in total. The number of phenols is 1. The highest BCUT2D eigenvalue weighted by atomic mass is 16.5. The molecule has 17 heavy (non-hydrogen) atoms. The first kappa shape index (κ1) is 12.4. The van der Waals surface area contributed by atoms with Gasteiger partial charge in [0.05, 0.1) is 6.61 Å². The minimum absolute atomic E-state index is 0.0361. The number of ether oxygens (including phenoxy) is 1. The molecular weight excluding hydrogens is 214 g/mol. The summed E-state index contributed by atoms with van der Waals surface area (Å²) >= 11 is 0. The van der Waals surface area contributed by atoms with Gasteiger partial charge < -0.3 is 15.2 Å². The number of nitrogens with one attached hydrogen (secondary N) is 1. The lowest BCUT2D eigenvalue weighted by atomic mass is 9.94. The van der Waals surface area contributed by atoms with Gasteiger partial charge in [0, 0.05) is 24.3 Å². The summed E-state index contributed by atoms with van der Waals surface area (Å²) in [4.78, 5) is 0. The van der Waals surface area contributed by atoms with Crippen LogP contribution in [0.5, 0.6) is 5.75 Å². The minimum Gasteiger partial charge on any atom is -0.507 e. The molecule has 0 bridgehead atoms. The summed E-state index contributed by atoms with van der Waals surface area (Å²) in [5.41, 5.74) is 1.92. The van der Waals surface area contributed by atoms with E-state index in [9.17, 15) is 5.11 Å². The second-order valence-corrected chi connectivity index (χ2v) is 5.15. The number of aryl methyl sites for hydroxylation is 1. The average molecular weight is 235 g/mol. The predicted octanol–water partition coefficient (Wildman–Crippen LogP) is 2.36. The molecule has 0 aromatic heterocycles. The van der Waals surface area contributed by atoms with Gasteiger partial charge in [-0.2, -0.15) is 0 Å². The highest BCUT2D eigenvalue weighted by Gasteiger charge is 2.26. The monoisotopic (exact) mass is 235 g/mol. The third-order valence-corrected chi connectivity index (χ3v) is 3.46. The van der Waals surface area contributed by atoms with E-state index in [0.29, 0.717) is 12.3 Å². The van der Waals surface area contributed by atoms with Crippen molar-refractivity contribution in [2.24, 2.45) is 0 Å². The van der Waals surface area contributed by atoms with E-state index in [-0.39, 0.29) is 5.54 Å². The van der Waals surface area contributed by atoms with Crippen molar-refractivity contribution in [3.8, 4) is 5.75 Å². The standard InChI is InChI=1S/C14H21NO2/c1-11-5-3-6-12(13(11)16)9-15-14(2)7-4-8-17-10-14/h3,5-6,15-16H,4,7-10H2,1-2H3. The molecule has 1 atom stereocenters. The van der Waals surface area contributed by atoms with E-state index in [0.717, 1.165) is 37.2 Å². The van der Waals surface area contributed by atoms with Gasteiger partial charge in [-0.05, 0) is 32.3 Å². The molecule has 1 aromatic rings. The van der Waals surface area contributed by atoms with Crippen molar-refractivity contribution >= 4 is 0 Å². The lowest BCUT2D eigenvalue weighted by molar-refractivity contribution is 0.0277. The molecular formula is C14H21NO2. The SMILES string of the molecule is Cc1cccc(CNC2(C)CCCOC2)c1O. The van der Waals surface area contributed by atoms with Gasteiger partial charge in [-0.1, -0.05) is 18.2 Å². The fourth-order valence-corrected chi connectivity index (χ4v) is 2.24. The van der Waals surface area contributed by atoms with Gasteiger partial charge in [0.2, 0.25) is 0 Å². The molecule has 1 aliphatic rings. The van der Waals surface area contributed by atoms with Gasteiger partial charge in [-0.3, -0.25) is 0 Å². The summed E-state index contributed by atoms with van der Waals surface area (Å²) in [7, 11) is 0. The van der Waals surface area contributed by atoms with Crippen LogP contribution in [0.4, 0.5) is 0 Å². The Hall–Kier alpha value is -1.06. The number of hydrogen-bond donors (Lipinski definition) is 2. The molecule has 1 heterocycles. The molecule has 94 valence electrons. The second kappa shape index (κ2) is 5.07. The summed E-state index contributed by atoms with van der Waals surface area (Å²) in [6.45, 7) is 6.41. The summed E-state index contributed by atoms with van der Waals surface area (Å²) < 4.78 is 5.50. The number of phenolic OH excluding ortho intramolecular Hbond substituents is 1. The van der Waals surface area contributed by atoms with Crippen molar-refractivity contribution in [3.63, 3.8) is 0 Å². The van der Waals surface area contributed by atoms with Crippen molar-refractivity contribution in [1.82, 2.24) is 5.32 Å². The van der Waals surface area contributed by atoms with Crippen LogP contribution in [-0.4, -0.2) is 23.9 Å². The summed E-state index contributed by atoms with van der Waals surface area (Å²) in [5.74, 6) is 0.403. The van der Waals surface area contributed by atoms with Gasteiger partial charge >= 0.3 is 0 Å². The number of para-hydroxylation sites is 1. The van der Waals surface area contributed by atoms with Crippen LogP contribution in [0.25, 0.3) is 0 Å². The molecule has 0 saturated carbocycles. The van der Waals surface area contributed by atoms with Crippen LogP contribution in [-0.2, 0) is 11.3 Å². The van der Waals surface area contributed by atoms with Gasteiger partial charge in [0.1, 0.15) is 5.75 Å². The molecule has 1 aromatic carbocycles. The van der Waals surface area contributed by atoms with Crippen molar-refractivity contribution in [2.45, 2.75) is 38.8 Å². The van der Waals surface area contributed by atoms with Gasteiger partial charge in [0.15, 0.2) is 0 Å². The van der Waals surface area contributed by atoms with E-state index in [2.05, 4.69) is 12.2 Å².